The number of nitrogens with one attached hydrogen (secondary N) is 1. The van der Waals surface area contributed by atoms with E-state index in [0.29, 0.717) is 0 Å². The number of aryl methyl sites for hydroxylation is 1. The fourth-order valence-electron chi connectivity index (χ4n) is 1.22. The molecule has 0 spiro atoms. The van der Waals surface area contributed by atoms with Gasteiger partial charge in [0.05, 0.1) is 16.4 Å². The van der Waals surface area contributed by atoms with E-state index < -0.39 is 0 Å². The lowest BCUT2D eigenvalue weighted by Gasteiger charge is -2.06. The van der Waals surface area contributed by atoms with Crippen molar-refractivity contribution in [2.24, 2.45) is 0 Å². The zero-order chi connectivity index (χ0) is 9.68. The Morgan fingerprint density at radius 3 is 2.92 bits per heavy atom. The van der Waals surface area contributed by atoms with Crippen molar-refractivity contribution in [3.8, 4) is 0 Å². The molecule has 0 aliphatic carbocycles. The van der Waals surface area contributed by atoms with Crippen molar-refractivity contribution in [3.05, 3.63) is 16.4 Å². The zero-order valence-corrected chi connectivity index (χ0v) is 9.76. The van der Waals surface area contributed by atoms with Crippen LogP contribution in [0.4, 0.5) is 0 Å². The van der Waals surface area contributed by atoms with Crippen LogP contribution in [0.2, 0.25) is 0 Å². The Labute approximate surface area is 87.6 Å². The standard InChI is InChI=1S/C9H16BrN3/c1-3-5-11-7-9-8(10)6-12-13(9)4-2/h6,11H,3-5,7H2,1-2H3. The molecule has 0 aliphatic heterocycles. The normalized spacial score (nSPS) is 10.7. The Bertz CT molecular complexity index is 257. The molecule has 0 radical (unpaired) electrons. The minimum atomic E-state index is 0.891. The van der Waals surface area contributed by atoms with Crippen LogP contribution in [0.5, 0.6) is 0 Å². The summed E-state index contributed by atoms with van der Waals surface area (Å²) in [5, 5.41) is 7.60. The number of halogens is 1. The summed E-state index contributed by atoms with van der Waals surface area (Å²) < 4.78 is 3.10. The monoisotopic (exact) mass is 245 g/mol. The minimum absolute atomic E-state index is 0.891. The molecular weight excluding hydrogens is 230 g/mol. The van der Waals surface area contributed by atoms with E-state index >= 15 is 0 Å². The molecule has 74 valence electrons. The van der Waals surface area contributed by atoms with E-state index in [1.54, 1.807) is 0 Å². The van der Waals surface area contributed by atoms with Crippen molar-refractivity contribution < 1.29 is 0 Å². The Morgan fingerprint density at radius 1 is 1.54 bits per heavy atom. The second-order valence-electron chi connectivity index (χ2n) is 2.93. The Hall–Kier alpha value is -0.350. The minimum Gasteiger partial charge on any atom is -0.311 e. The molecule has 0 saturated heterocycles. The smallest absolute Gasteiger partial charge is 0.0664 e. The molecule has 13 heavy (non-hydrogen) atoms. The average molecular weight is 246 g/mol. The van der Waals surface area contributed by atoms with Crippen molar-refractivity contribution in [2.75, 3.05) is 6.54 Å². The summed E-state index contributed by atoms with van der Waals surface area (Å²) >= 11 is 3.49. The van der Waals surface area contributed by atoms with Crippen LogP contribution in [-0.4, -0.2) is 16.3 Å². The highest BCUT2D eigenvalue weighted by Gasteiger charge is 2.05. The lowest BCUT2D eigenvalue weighted by molar-refractivity contribution is 0.578. The number of hydrogen-bond acceptors (Lipinski definition) is 2. The molecule has 1 rings (SSSR count). The molecule has 1 aromatic rings. The first kappa shape index (κ1) is 10.7. The van der Waals surface area contributed by atoms with Gasteiger partial charge in [0, 0.05) is 13.1 Å². The summed E-state index contributed by atoms with van der Waals surface area (Å²) in [6.07, 6.45) is 3.02. The van der Waals surface area contributed by atoms with Gasteiger partial charge in [-0.15, -0.1) is 0 Å². The van der Waals surface area contributed by atoms with Gasteiger partial charge < -0.3 is 5.32 Å². The largest absolute Gasteiger partial charge is 0.311 e. The van der Waals surface area contributed by atoms with E-state index in [-0.39, 0.29) is 0 Å². The maximum absolute atomic E-state index is 4.24. The van der Waals surface area contributed by atoms with Crippen molar-refractivity contribution >= 4 is 15.9 Å². The molecule has 0 aliphatic rings. The lowest BCUT2D eigenvalue weighted by Crippen LogP contribution is -2.17. The number of nitrogens with zero attached hydrogens (tertiary/aromatic N) is 2. The van der Waals surface area contributed by atoms with Gasteiger partial charge in [-0.3, -0.25) is 4.68 Å². The van der Waals surface area contributed by atoms with Crippen LogP contribution in [0.15, 0.2) is 10.7 Å². The Kier molecular flexibility index (Phi) is 4.45. The third kappa shape index (κ3) is 2.81. The van der Waals surface area contributed by atoms with Gasteiger partial charge in [0.1, 0.15) is 0 Å². The average Bonchev–Trinajstić information content (AvgIpc) is 2.48. The van der Waals surface area contributed by atoms with Gasteiger partial charge in [-0.2, -0.15) is 5.10 Å². The van der Waals surface area contributed by atoms with Crippen LogP contribution >= 0.6 is 15.9 Å². The molecule has 0 bridgehead atoms. The fourth-order valence-corrected chi connectivity index (χ4v) is 1.66. The van der Waals surface area contributed by atoms with Crippen LogP contribution in [0.1, 0.15) is 26.0 Å². The quantitative estimate of drug-likeness (QED) is 0.807. The predicted molar refractivity (Wildman–Crippen MR) is 57.6 cm³/mol. The van der Waals surface area contributed by atoms with E-state index in [1.165, 1.54) is 5.69 Å². The first-order chi connectivity index (χ1) is 6.29. The highest BCUT2D eigenvalue weighted by atomic mass is 79.9. The van der Waals surface area contributed by atoms with Crippen molar-refractivity contribution in [2.45, 2.75) is 33.4 Å². The second-order valence-corrected chi connectivity index (χ2v) is 3.79. The van der Waals surface area contributed by atoms with E-state index in [9.17, 15) is 0 Å². The molecule has 1 N–H and O–H groups in total. The van der Waals surface area contributed by atoms with Crippen molar-refractivity contribution in [3.63, 3.8) is 0 Å². The van der Waals surface area contributed by atoms with E-state index in [4.69, 9.17) is 0 Å². The maximum atomic E-state index is 4.24. The molecule has 3 nitrogen and oxygen atoms in total. The van der Waals surface area contributed by atoms with E-state index in [2.05, 4.69) is 40.2 Å². The number of hydrogen-bond donors (Lipinski definition) is 1. The molecule has 0 fully saturated rings. The van der Waals surface area contributed by atoms with Gasteiger partial charge in [-0.05, 0) is 35.8 Å². The van der Waals surface area contributed by atoms with Gasteiger partial charge in [-0.25, -0.2) is 0 Å². The summed E-state index contributed by atoms with van der Waals surface area (Å²) in [6, 6.07) is 0. The highest BCUT2D eigenvalue weighted by Crippen LogP contribution is 2.15. The SMILES string of the molecule is CCCNCc1c(Br)cnn1CC. The van der Waals surface area contributed by atoms with Crippen molar-refractivity contribution in [1.82, 2.24) is 15.1 Å². The maximum Gasteiger partial charge on any atom is 0.0664 e. The van der Waals surface area contributed by atoms with Gasteiger partial charge in [0.2, 0.25) is 0 Å². The molecule has 1 heterocycles. The lowest BCUT2D eigenvalue weighted by atomic mass is 10.4. The summed E-state index contributed by atoms with van der Waals surface area (Å²) in [6.45, 7) is 7.14. The van der Waals surface area contributed by atoms with Crippen LogP contribution in [0.3, 0.4) is 0 Å². The molecule has 0 atom stereocenters. The highest BCUT2D eigenvalue weighted by molar-refractivity contribution is 9.10. The Morgan fingerprint density at radius 2 is 2.31 bits per heavy atom. The van der Waals surface area contributed by atoms with Crippen LogP contribution in [0, 0.1) is 0 Å². The molecular formula is C9H16BrN3. The topological polar surface area (TPSA) is 29.9 Å². The molecule has 0 saturated carbocycles. The van der Waals surface area contributed by atoms with Crippen LogP contribution in [0.25, 0.3) is 0 Å². The van der Waals surface area contributed by atoms with Crippen LogP contribution in [-0.2, 0) is 13.1 Å². The second kappa shape index (κ2) is 5.40. The van der Waals surface area contributed by atoms with Gasteiger partial charge >= 0.3 is 0 Å². The summed E-state index contributed by atoms with van der Waals surface area (Å²) in [5.74, 6) is 0. The van der Waals surface area contributed by atoms with Gasteiger partial charge in [0.15, 0.2) is 0 Å². The summed E-state index contributed by atoms with van der Waals surface area (Å²) in [4.78, 5) is 0. The van der Waals surface area contributed by atoms with Gasteiger partial charge in [-0.1, -0.05) is 6.92 Å². The molecule has 0 amide bonds. The first-order valence-electron chi connectivity index (χ1n) is 4.70. The molecule has 1 aromatic heterocycles. The number of aromatic nitrogens is 2. The summed E-state index contributed by atoms with van der Waals surface area (Å²) in [7, 11) is 0. The molecule has 0 unspecified atom stereocenters. The fraction of sp³-hybridized carbons (Fsp3) is 0.667. The first-order valence-corrected chi connectivity index (χ1v) is 5.49. The summed E-state index contributed by atoms with van der Waals surface area (Å²) in [5.41, 5.74) is 1.23. The van der Waals surface area contributed by atoms with Gasteiger partial charge in [0.25, 0.3) is 0 Å². The van der Waals surface area contributed by atoms with E-state index in [0.717, 1.165) is 30.5 Å². The third-order valence-corrected chi connectivity index (χ3v) is 2.58. The molecule has 4 heteroatoms. The third-order valence-electron chi connectivity index (χ3n) is 1.92. The predicted octanol–water partition coefficient (Wildman–Crippen LogP) is 2.17. The van der Waals surface area contributed by atoms with E-state index in [1.807, 2.05) is 10.9 Å². The Balaban J connectivity index is 2.57. The number of rotatable bonds is 5. The van der Waals surface area contributed by atoms with Crippen molar-refractivity contribution in [1.29, 1.82) is 0 Å². The molecule has 0 aromatic carbocycles. The zero-order valence-electron chi connectivity index (χ0n) is 8.18. The van der Waals surface area contributed by atoms with Crippen LogP contribution < -0.4 is 5.32 Å².